The van der Waals surface area contributed by atoms with Gasteiger partial charge in [0.15, 0.2) is 0 Å². The van der Waals surface area contributed by atoms with Gasteiger partial charge in [0.25, 0.3) is 0 Å². The third-order valence-electron chi connectivity index (χ3n) is 5.09. The van der Waals surface area contributed by atoms with Crippen LogP contribution in [0.2, 0.25) is 0 Å². The van der Waals surface area contributed by atoms with Crippen LogP contribution in [0.15, 0.2) is 36.5 Å². The number of aromatic nitrogens is 2. The number of anilines is 1. The van der Waals surface area contributed by atoms with Gasteiger partial charge >= 0.3 is 0 Å². The maximum absolute atomic E-state index is 12.6. The van der Waals surface area contributed by atoms with Gasteiger partial charge in [0.05, 0.1) is 5.69 Å². The van der Waals surface area contributed by atoms with Crippen LogP contribution in [-0.4, -0.2) is 46.8 Å². The van der Waals surface area contributed by atoms with Crippen LogP contribution >= 0.6 is 0 Å². The zero-order valence-electron chi connectivity index (χ0n) is 14.0. The molecule has 1 aromatic carbocycles. The molecule has 0 unspecified atom stereocenters. The highest BCUT2D eigenvalue weighted by atomic mass is 16.2. The number of nitrogens with zero attached hydrogens (tertiary/aromatic N) is 4. The number of benzene rings is 1. The Morgan fingerprint density at radius 1 is 1.00 bits per heavy atom. The molecule has 1 fully saturated rings. The monoisotopic (exact) mass is 324 g/mol. The van der Waals surface area contributed by atoms with Crippen LogP contribution in [-0.2, 0) is 24.2 Å². The summed E-state index contributed by atoms with van der Waals surface area (Å²) in [5.74, 6) is 0.183. The van der Waals surface area contributed by atoms with Crippen LogP contribution in [0.25, 0.3) is 0 Å². The maximum Gasteiger partial charge on any atom is 0.244 e. The van der Waals surface area contributed by atoms with E-state index in [2.05, 4.69) is 40.5 Å². The minimum Gasteiger partial charge on any atom is -0.368 e. The maximum atomic E-state index is 12.6. The quantitative estimate of drug-likeness (QED) is 0.868. The van der Waals surface area contributed by atoms with Crippen LogP contribution in [0.1, 0.15) is 24.1 Å². The first-order valence-electron chi connectivity index (χ1n) is 8.92. The third kappa shape index (κ3) is 3.16. The summed E-state index contributed by atoms with van der Waals surface area (Å²) in [7, 11) is 0. The summed E-state index contributed by atoms with van der Waals surface area (Å²) < 4.78 is 1.85. The number of hydrogen-bond donors (Lipinski definition) is 0. The lowest BCUT2D eigenvalue weighted by atomic mass is 9.99. The summed E-state index contributed by atoms with van der Waals surface area (Å²) in [6.07, 6.45) is 6.71. The second kappa shape index (κ2) is 6.67. The van der Waals surface area contributed by atoms with Gasteiger partial charge in [-0.1, -0.05) is 18.2 Å². The standard InChI is InChI=1S/C19H24N4O/c24-19(15-23-14-16-6-4-5-9-18(16)20-23)22-12-10-21(11-13-22)17-7-2-1-3-8-17/h1-3,7-8,14H,4-6,9-13,15H2. The largest absolute Gasteiger partial charge is 0.368 e. The summed E-state index contributed by atoms with van der Waals surface area (Å²) in [6.45, 7) is 3.73. The highest BCUT2D eigenvalue weighted by Gasteiger charge is 2.22. The first-order chi connectivity index (χ1) is 11.8. The van der Waals surface area contributed by atoms with Gasteiger partial charge < -0.3 is 9.80 Å². The molecule has 1 amide bonds. The van der Waals surface area contributed by atoms with Crippen molar-refractivity contribution in [2.75, 3.05) is 31.1 Å². The molecule has 0 atom stereocenters. The number of rotatable bonds is 3. The van der Waals surface area contributed by atoms with Crippen molar-refractivity contribution in [2.24, 2.45) is 0 Å². The fourth-order valence-corrected chi connectivity index (χ4v) is 3.70. The number of carbonyl (C=O) groups is 1. The zero-order chi connectivity index (χ0) is 16.4. The van der Waals surface area contributed by atoms with E-state index in [9.17, 15) is 4.79 Å². The number of piperazine rings is 1. The highest BCUT2D eigenvalue weighted by Crippen LogP contribution is 2.20. The van der Waals surface area contributed by atoms with Crippen LogP contribution in [0.3, 0.4) is 0 Å². The minimum atomic E-state index is 0.183. The fraction of sp³-hybridized carbons (Fsp3) is 0.474. The van der Waals surface area contributed by atoms with Crippen molar-refractivity contribution < 1.29 is 4.79 Å². The number of carbonyl (C=O) groups excluding carboxylic acids is 1. The molecule has 0 N–H and O–H groups in total. The molecule has 0 saturated carbocycles. The number of para-hydroxylation sites is 1. The fourth-order valence-electron chi connectivity index (χ4n) is 3.70. The summed E-state index contributed by atoms with van der Waals surface area (Å²) in [6, 6.07) is 10.4. The van der Waals surface area contributed by atoms with Gasteiger partial charge in [-0.25, -0.2) is 0 Å². The summed E-state index contributed by atoms with van der Waals surface area (Å²) in [5, 5.41) is 4.61. The van der Waals surface area contributed by atoms with Crippen molar-refractivity contribution in [3.8, 4) is 0 Å². The van der Waals surface area contributed by atoms with E-state index in [-0.39, 0.29) is 5.91 Å². The first-order valence-corrected chi connectivity index (χ1v) is 8.92. The predicted molar refractivity (Wildman–Crippen MR) is 94.1 cm³/mol. The molecule has 2 heterocycles. The lowest BCUT2D eigenvalue weighted by Crippen LogP contribution is -2.49. The molecule has 1 aliphatic heterocycles. The molecule has 0 radical (unpaired) electrons. The Labute approximate surface area is 142 Å². The molecule has 2 aliphatic rings. The van der Waals surface area contributed by atoms with Gasteiger partial charge in [0.1, 0.15) is 6.54 Å². The average Bonchev–Trinajstić information content (AvgIpc) is 3.05. The van der Waals surface area contributed by atoms with Crippen molar-refractivity contribution in [3.63, 3.8) is 0 Å². The molecule has 5 heteroatoms. The third-order valence-corrected chi connectivity index (χ3v) is 5.09. The minimum absolute atomic E-state index is 0.183. The summed E-state index contributed by atoms with van der Waals surface area (Å²) in [4.78, 5) is 16.9. The Hall–Kier alpha value is -2.30. The molecule has 4 rings (SSSR count). The normalized spacial score (nSPS) is 17.7. The molecule has 0 spiro atoms. The molecular formula is C19H24N4O. The Morgan fingerprint density at radius 2 is 1.75 bits per heavy atom. The van der Waals surface area contributed by atoms with E-state index in [4.69, 9.17) is 0 Å². The van der Waals surface area contributed by atoms with E-state index in [1.54, 1.807) is 0 Å². The SMILES string of the molecule is O=C(Cn1cc2c(n1)CCCC2)N1CCN(c2ccccc2)CC1. The lowest BCUT2D eigenvalue weighted by molar-refractivity contribution is -0.132. The van der Waals surface area contributed by atoms with E-state index in [1.165, 1.54) is 29.8 Å². The number of aryl methyl sites for hydroxylation is 2. The van der Waals surface area contributed by atoms with Crippen molar-refractivity contribution in [2.45, 2.75) is 32.2 Å². The van der Waals surface area contributed by atoms with Gasteiger partial charge in [-0.2, -0.15) is 5.10 Å². The molecule has 126 valence electrons. The van der Waals surface area contributed by atoms with Gasteiger partial charge in [-0.3, -0.25) is 9.48 Å². The van der Waals surface area contributed by atoms with Crippen molar-refractivity contribution in [1.82, 2.24) is 14.7 Å². The molecule has 1 aliphatic carbocycles. The molecule has 24 heavy (non-hydrogen) atoms. The molecule has 1 aromatic heterocycles. The van der Waals surface area contributed by atoms with E-state index in [0.29, 0.717) is 6.54 Å². The Bertz CT molecular complexity index is 678. The van der Waals surface area contributed by atoms with E-state index >= 15 is 0 Å². The van der Waals surface area contributed by atoms with Crippen molar-refractivity contribution in [1.29, 1.82) is 0 Å². The van der Waals surface area contributed by atoms with Gasteiger partial charge in [0.2, 0.25) is 5.91 Å². The van der Waals surface area contributed by atoms with E-state index < -0.39 is 0 Å². The number of hydrogen-bond acceptors (Lipinski definition) is 3. The molecular weight excluding hydrogens is 300 g/mol. The Morgan fingerprint density at radius 3 is 2.50 bits per heavy atom. The van der Waals surface area contributed by atoms with E-state index in [1.807, 2.05) is 15.6 Å². The Kier molecular flexibility index (Phi) is 4.24. The highest BCUT2D eigenvalue weighted by molar-refractivity contribution is 5.76. The number of fused-ring (bicyclic) bond motifs is 1. The molecule has 1 saturated heterocycles. The molecule has 2 aromatic rings. The lowest BCUT2D eigenvalue weighted by Gasteiger charge is -2.36. The summed E-state index contributed by atoms with van der Waals surface area (Å²) in [5.41, 5.74) is 3.77. The van der Waals surface area contributed by atoms with Gasteiger partial charge in [0, 0.05) is 38.1 Å². The molecule has 5 nitrogen and oxygen atoms in total. The Balaban J connectivity index is 1.34. The summed E-state index contributed by atoms with van der Waals surface area (Å²) >= 11 is 0. The predicted octanol–water partition coefficient (Wildman–Crippen LogP) is 2.11. The van der Waals surface area contributed by atoms with Gasteiger partial charge in [-0.05, 0) is 43.4 Å². The van der Waals surface area contributed by atoms with Crippen LogP contribution in [0, 0.1) is 0 Å². The van der Waals surface area contributed by atoms with Gasteiger partial charge in [-0.15, -0.1) is 0 Å². The van der Waals surface area contributed by atoms with Crippen LogP contribution in [0.4, 0.5) is 5.69 Å². The van der Waals surface area contributed by atoms with Crippen molar-refractivity contribution in [3.05, 3.63) is 47.8 Å². The smallest absolute Gasteiger partial charge is 0.244 e. The second-order valence-corrected chi connectivity index (χ2v) is 6.71. The second-order valence-electron chi connectivity index (χ2n) is 6.71. The van der Waals surface area contributed by atoms with E-state index in [0.717, 1.165) is 39.0 Å². The number of amides is 1. The van der Waals surface area contributed by atoms with Crippen LogP contribution in [0.5, 0.6) is 0 Å². The first kappa shape index (κ1) is 15.2. The zero-order valence-corrected chi connectivity index (χ0v) is 14.0. The topological polar surface area (TPSA) is 41.4 Å². The van der Waals surface area contributed by atoms with Crippen molar-refractivity contribution >= 4 is 11.6 Å². The van der Waals surface area contributed by atoms with Crippen LogP contribution < -0.4 is 4.90 Å². The molecule has 0 bridgehead atoms. The average molecular weight is 324 g/mol.